The number of H-pyrrole nitrogens is 1. The van der Waals surface area contributed by atoms with Gasteiger partial charge in [0, 0.05) is 24.7 Å². The fourth-order valence-corrected chi connectivity index (χ4v) is 4.07. The molecule has 3 aromatic heterocycles. The predicted octanol–water partition coefficient (Wildman–Crippen LogP) is 3.38. The summed E-state index contributed by atoms with van der Waals surface area (Å²) in [6.45, 7) is 0.120. The molecule has 4 heterocycles. The molecule has 1 fully saturated rings. The number of fused-ring (bicyclic) bond motifs is 2. The SMILES string of the molecule is O=C(c1oc(C2(O)CC2)nc1C(F)F)N1CCc2[nH]cnc2[C@H]1c1nc2ccc(F)cc2o1. The van der Waals surface area contributed by atoms with Gasteiger partial charge in [-0.2, -0.15) is 0 Å². The van der Waals surface area contributed by atoms with Crippen LogP contribution in [0.2, 0.25) is 0 Å². The van der Waals surface area contributed by atoms with E-state index in [9.17, 15) is 23.1 Å². The van der Waals surface area contributed by atoms with E-state index in [0.29, 0.717) is 30.5 Å². The maximum Gasteiger partial charge on any atom is 0.292 e. The number of alkyl halides is 2. The van der Waals surface area contributed by atoms with E-state index >= 15 is 0 Å². The Morgan fingerprint density at radius 3 is 2.85 bits per heavy atom. The number of imidazole rings is 1. The molecule has 1 saturated carbocycles. The van der Waals surface area contributed by atoms with Gasteiger partial charge < -0.3 is 23.8 Å². The first-order chi connectivity index (χ1) is 15.8. The average Bonchev–Trinajstić information content (AvgIpc) is 3.22. The Hall–Kier alpha value is -3.67. The van der Waals surface area contributed by atoms with Gasteiger partial charge in [0.1, 0.15) is 16.9 Å². The first-order valence-corrected chi connectivity index (χ1v) is 10.2. The molecular formula is C21H16F3N5O4. The molecule has 0 bridgehead atoms. The largest absolute Gasteiger partial charge is 0.438 e. The van der Waals surface area contributed by atoms with Crippen molar-refractivity contribution in [1.82, 2.24) is 24.8 Å². The highest BCUT2D eigenvalue weighted by Crippen LogP contribution is 2.46. The maximum absolute atomic E-state index is 13.7. The van der Waals surface area contributed by atoms with Crippen LogP contribution in [-0.4, -0.2) is 42.4 Å². The number of halogens is 3. The molecule has 1 aliphatic carbocycles. The second-order valence-corrected chi connectivity index (χ2v) is 8.15. The number of carbonyl (C=O) groups excluding carboxylic acids is 1. The van der Waals surface area contributed by atoms with Gasteiger partial charge in [-0.15, -0.1) is 0 Å². The van der Waals surface area contributed by atoms with Gasteiger partial charge in [0.15, 0.2) is 17.3 Å². The molecule has 0 spiro atoms. The van der Waals surface area contributed by atoms with Crippen molar-refractivity contribution in [2.75, 3.05) is 6.54 Å². The van der Waals surface area contributed by atoms with Crippen molar-refractivity contribution in [3.8, 4) is 0 Å². The lowest BCUT2D eigenvalue weighted by molar-refractivity contribution is 0.0605. The zero-order valence-electron chi connectivity index (χ0n) is 16.9. The summed E-state index contributed by atoms with van der Waals surface area (Å²) in [5, 5.41) is 10.3. The summed E-state index contributed by atoms with van der Waals surface area (Å²) in [7, 11) is 0. The molecule has 9 nitrogen and oxygen atoms in total. The van der Waals surface area contributed by atoms with Crippen LogP contribution in [0.15, 0.2) is 33.4 Å². The van der Waals surface area contributed by atoms with Crippen LogP contribution in [0.4, 0.5) is 13.2 Å². The van der Waals surface area contributed by atoms with Gasteiger partial charge in [-0.1, -0.05) is 0 Å². The van der Waals surface area contributed by atoms with Gasteiger partial charge >= 0.3 is 0 Å². The van der Waals surface area contributed by atoms with Crippen LogP contribution in [-0.2, 0) is 12.0 Å². The second-order valence-electron chi connectivity index (χ2n) is 8.15. The van der Waals surface area contributed by atoms with Crippen LogP contribution in [0.1, 0.15) is 64.7 Å². The maximum atomic E-state index is 13.7. The number of benzene rings is 1. The summed E-state index contributed by atoms with van der Waals surface area (Å²) in [5.41, 5.74) is -0.554. The molecule has 2 aliphatic rings. The number of amides is 1. The fraction of sp³-hybridized carbons (Fsp3) is 0.333. The van der Waals surface area contributed by atoms with Crippen LogP contribution in [0.5, 0.6) is 0 Å². The Kier molecular flexibility index (Phi) is 4.18. The van der Waals surface area contributed by atoms with E-state index in [1.807, 2.05) is 0 Å². The van der Waals surface area contributed by atoms with Crippen molar-refractivity contribution in [3.63, 3.8) is 0 Å². The molecule has 12 heteroatoms. The molecule has 1 atom stereocenters. The predicted molar refractivity (Wildman–Crippen MR) is 104 cm³/mol. The number of nitrogens with one attached hydrogen (secondary N) is 1. The second kappa shape index (κ2) is 6.91. The van der Waals surface area contributed by atoms with Crippen LogP contribution < -0.4 is 0 Å². The normalized spacial score (nSPS) is 19.3. The Morgan fingerprint density at radius 1 is 1.27 bits per heavy atom. The molecule has 1 aromatic carbocycles. The smallest absolute Gasteiger partial charge is 0.292 e. The van der Waals surface area contributed by atoms with Gasteiger partial charge in [0.25, 0.3) is 12.3 Å². The van der Waals surface area contributed by atoms with Crippen LogP contribution in [0.3, 0.4) is 0 Å². The number of nitrogens with zero attached hydrogens (tertiary/aromatic N) is 4. The summed E-state index contributed by atoms with van der Waals surface area (Å²) < 4.78 is 52.2. The summed E-state index contributed by atoms with van der Waals surface area (Å²) in [5.74, 6) is -2.27. The van der Waals surface area contributed by atoms with E-state index in [0.717, 1.165) is 5.69 Å². The summed E-state index contributed by atoms with van der Waals surface area (Å²) in [4.78, 5) is 30.1. The number of hydrogen-bond acceptors (Lipinski definition) is 7. The molecule has 4 aromatic rings. The van der Waals surface area contributed by atoms with Crippen molar-refractivity contribution in [3.05, 3.63) is 65.0 Å². The Balaban J connectivity index is 1.45. The number of aromatic amines is 1. The molecule has 33 heavy (non-hydrogen) atoms. The van der Waals surface area contributed by atoms with Gasteiger partial charge in [-0.05, 0) is 25.0 Å². The van der Waals surface area contributed by atoms with Crippen molar-refractivity contribution < 1.29 is 31.9 Å². The van der Waals surface area contributed by atoms with Crippen molar-refractivity contribution in [2.24, 2.45) is 0 Å². The minimum absolute atomic E-state index is 0.0520. The Morgan fingerprint density at radius 2 is 2.09 bits per heavy atom. The summed E-state index contributed by atoms with van der Waals surface area (Å²) in [6.07, 6.45) is -0.631. The number of carbonyl (C=O) groups is 1. The minimum atomic E-state index is -3.08. The van der Waals surface area contributed by atoms with Crippen molar-refractivity contribution >= 4 is 17.0 Å². The first kappa shape index (κ1) is 20.0. The zero-order valence-corrected chi connectivity index (χ0v) is 16.9. The average molecular weight is 459 g/mol. The standard InChI is InChI=1S/C21H16F3N5O4/c22-9-1-2-10-12(7-9)32-18(27-10)15-13-11(25-8-26-13)3-6-29(15)19(30)16-14(17(23)24)28-20(33-16)21(31)4-5-21/h1-2,7-8,15,17,31H,3-6H2,(H,25,26)/t15-/m0/s1. The summed E-state index contributed by atoms with van der Waals surface area (Å²) in [6, 6.07) is 2.86. The van der Waals surface area contributed by atoms with E-state index in [1.165, 1.54) is 29.4 Å². The van der Waals surface area contributed by atoms with E-state index in [2.05, 4.69) is 19.9 Å². The Bertz CT molecular complexity index is 1390. The van der Waals surface area contributed by atoms with E-state index in [-0.39, 0.29) is 23.9 Å². The lowest BCUT2D eigenvalue weighted by Crippen LogP contribution is -2.41. The van der Waals surface area contributed by atoms with E-state index in [4.69, 9.17) is 8.83 Å². The minimum Gasteiger partial charge on any atom is -0.438 e. The highest BCUT2D eigenvalue weighted by Gasteiger charge is 2.49. The van der Waals surface area contributed by atoms with Crippen LogP contribution in [0.25, 0.3) is 11.1 Å². The zero-order chi connectivity index (χ0) is 22.9. The number of hydrogen-bond donors (Lipinski definition) is 2. The summed E-state index contributed by atoms with van der Waals surface area (Å²) >= 11 is 0. The third-order valence-electron chi connectivity index (χ3n) is 5.96. The van der Waals surface area contributed by atoms with Crippen molar-refractivity contribution in [2.45, 2.75) is 37.3 Å². The highest BCUT2D eigenvalue weighted by molar-refractivity contribution is 5.93. The molecule has 170 valence electrons. The Labute approximate surface area is 183 Å². The monoisotopic (exact) mass is 459 g/mol. The van der Waals surface area contributed by atoms with E-state index < -0.39 is 41.2 Å². The molecule has 0 unspecified atom stereocenters. The number of aromatic nitrogens is 4. The molecule has 0 radical (unpaired) electrons. The molecule has 6 rings (SSSR count). The molecular weight excluding hydrogens is 443 g/mol. The van der Waals surface area contributed by atoms with Crippen LogP contribution in [0, 0.1) is 5.82 Å². The lowest BCUT2D eigenvalue weighted by Gasteiger charge is -2.32. The highest BCUT2D eigenvalue weighted by atomic mass is 19.3. The number of aliphatic hydroxyl groups is 1. The third-order valence-corrected chi connectivity index (χ3v) is 5.96. The first-order valence-electron chi connectivity index (χ1n) is 10.2. The van der Waals surface area contributed by atoms with Gasteiger partial charge in [0.2, 0.25) is 17.5 Å². The van der Waals surface area contributed by atoms with Gasteiger partial charge in [-0.25, -0.2) is 28.1 Å². The number of oxazole rings is 2. The third kappa shape index (κ3) is 3.12. The fourth-order valence-electron chi connectivity index (χ4n) is 4.07. The molecule has 1 amide bonds. The van der Waals surface area contributed by atoms with E-state index in [1.54, 1.807) is 0 Å². The van der Waals surface area contributed by atoms with Crippen molar-refractivity contribution in [1.29, 1.82) is 0 Å². The van der Waals surface area contributed by atoms with Gasteiger partial charge in [0.05, 0.1) is 12.0 Å². The number of rotatable bonds is 4. The van der Waals surface area contributed by atoms with Gasteiger partial charge in [-0.3, -0.25) is 4.79 Å². The quantitative estimate of drug-likeness (QED) is 0.480. The molecule has 1 aliphatic heterocycles. The molecule has 0 saturated heterocycles. The lowest BCUT2D eigenvalue weighted by atomic mass is 10.0. The van der Waals surface area contributed by atoms with Crippen LogP contribution >= 0.6 is 0 Å². The topological polar surface area (TPSA) is 121 Å². The molecule has 2 N–H and O–H groups in total.